The zero-order chi connectivity index (χ0) is 14.2. The summed E-state index contributed by atoms with van der Waals surface area (Å²) in [5.41, 5.74) is 6.83. The highest BCUT2D eigenvalue weighted by molar-refractivity contribution is 5.94. The van der Waals surface area contributed by atoms with Gasteiger partial charge in [0.2, 0.25) is 0 Å². The van der Waals surface area contributed by atoms with E-state index in [2.05, 4.69) is 5.32 Å². The standard InChI is InChI=1S/C15H22N2O3.ClH/c16-14-4-1-3-13(9-14)15(18)17-6-2-7-19-10-12-5-8-20-11-12;/h1,3-4,9,12H,2,5-8,10-11,16H2,(H,17,18);1H. The van der Waals surface area contributed by atoms with Crippen molar-refractivity contribution < 1.29 is 14.3 Å². The fraction of sp³-hybridized carbons (Fsp3) is 0.533. The molecule has 1 heterocycles. The van der Waals surface area contributed by atoms with Gasteiger partial charge in [-0.15, -0.1) is 12.4 Å². The van der Waals surface area contributed by atoms with Crippen molar-refractivity contribution in [2.75, 3.05) is 38.7 Å². The van der Waals surface area contributed by atoms with Crippen LogP contribution in [0.1, 0.15) is 23.2 Å². The molecule has 1 fully saturated rings. The minimum Gasteiger partial charge on any atom is -0.399 e. The van der Waals surface area contributed by atoms with E-state index in [-0.39, 0.29) is 18.3 Å². The van der Waals surface area contributed by atoms with Gasteiger partial charge in [-0.25, -0.2) is 0 Å². The number of carbonyl (C=O) groups excluding carboxylic acids is 1. The van der Waals surface area contributed by atoms with Crippen molar-refractivity contribution in [2.24, 2.45) is 5.92 Å². The van der Waals surface area contributed by atoms with Crippen LogP contribution in [0.25, 0.3) is 0 Å². The van der Waals surface area contributed by atoms with E-state index in [1.165, 1.54) is 0 Å². The van der Waals surface area contributed by atoms with Crippen molar-refractivity contribution in [3.05, 3.63) is 29.8 Å². The molecular weight excluding hydrogens is 292 g/mol. The van der Waals surface area contributed by atoms with Gasteiger partial charge in [0.1, 0.15) is 0 Å². The molecule has 0 aromatic heterocycles. The van der Waals surface area contributed by atoms with Gasteiger partial charge in [-0.05, 0) is 31.0 Å². The number of nitrogens with one attached hydrogen (secondary N) is 1. The zero-order valence-corrected chi connectivity index (χ0v) is 12.9. The summed E-state index contributed by atoms with van der Waals surface area (Å²) in [6, 6.07) is 6.96. The lowest BCUT2D eigenvalue weighted by atomic mass is 10.1. The molecule has 1 aromatic rings. The van der Waals surface area contributed by atoms with Gasteiger partial charge in [0.15, 0.2) is 0 Å². The normalized spacial score (nSPS) is 17.2. The minimum atomic E-state index is -0.0958. The first-order valence-corrected chi connectivity index (χ1v) is 7.05. The van der Waals surface area contributed by atoms with Crippen LogP contribution in [-0.2, 0) is 9.47 Å². The van der Waals surface area contributed by atoms with Crippen LogP contribution in [0.15, 0.2) is 24.3 Å². The Morgan fingerprint density at radius 2 is 2.33 bits per heavy atom. The summed E-state index contributed by atoms with van der Waals surface area (Å²) in [4.78, 5) is 11.8. The van der Waals surface area contributed by atoms with Gasteiger partial charge < -0.3 is 20.5 Å². The summed E-state index contributed by atoms with van der Waals surface area (Å²) >= 11 is 0. The van der Waals surface area contributed by atoms with Gasteiger partial charge in [-0.3, -0.25) is 4.79 Å². The van der Waals surface area contributed by atoms with E-state index in [0.29, 0.717) is 30.3 Å². The lowest BCUT2D eigenvalue weighted by molar-refractivity contribution is 0.0853. The van der Waals surface area contributed by atoms with Gasteiger partial charge in [0.05, 0.1) is 13.2 Å². The number of hydrogen-bond acceptors (Lipinski definition) is 4. The quantitative estimate of drug-likeness (QED) is 0.595. The van der Waals surface area contributed by atoms with Crippen LogP contribution in [0.3, 0.4) is 0 Å². The van der Waals surface area contributed by atoms with Crippen molar-refractivity contribution in [3.8, 4) is 0 Å². The lowest BCUT2D eigenvalue weighted by Crippen LogP contribution is -2.25. The number of rotatable bonds is 7. The third-order valence-corrected chi connectivity index (χ3v) is 3.28. The monoisotopic (exact) mass is 314 g/mol. The Hall–Kier alpha value is -1.30. The van der Waals surface area contributed by atoms with Crippen LogP contribution in [0, 0.1) is 5.92 Å². The first-order chi connectivity index (χ1) is 9.75. The molecule has 21 heavy (non-hydrogen) atoms. The number of hydrogen-bond donors (Lipinski definition) is 2. The summed E-state index contributed by atoms with van der Waals surface area (Å²) in [5.74, 6) is 0.443. The van der Waals surface area contributed by atoms with Gasteiger partial charge in [0.25, 0.3) is 5.91 Å². The highest BCUT2D eigenvalue weighted by Crippen LogP contribution is 2.12. The maximum absolute atomic E-state index is 11.8. The summed E-state index contributed by atoms with van der Waals surface area (Å²) in [7, 11) is 0. The van der Waals surface area contributed by atoms with Crippen LogP contribution in [0.4, 0.5) is 5.69 Å². The van der Waals surface area contributed by atoms with E-state index in [0.717, 1.165) is 32.7 Å². The van der Waals surface area contributed by atoms with Gasteiger partial charge >= 0.3 is 0 Å². The fourth-order valence-corrected chi connectivity index (χ4v) is 2.12. The third kappa shape index (κ3) is 6.33. The zero-order valence-electron chi connectivity index (χ0n) is 12.0. The van der Waals surface area contributed by atoms with Crippen molar-refractivity contribution in [2.45, 2.75) is 12.8 Å². The second-order valence-corrected chi connectivity index (χ2v) is 5.04. The molecule has 0 aliphatic carbocycles. The van der Waals surface area contributed by atoms with E-state index in [1.54, 1.807) is 24.3 Å². The number of nitrogens with two attached hydrogens (primary N) is 1. The van der Waals surface area contributed by atoms with Crippen molar-refractivity contribution in [1.29, 1.82) is 0 Å². The molecule has 0 radical (unpaired) electrons. The second kappa shape index (κ2) is 9.60. The van der Waals surface area contributed by atoms with E-state index >= 15 is 0 Å². The Kier molecular flexibility index (Phi) is 8.12. The van der Waals surface area contributed by atoms with Crippen molar-refractivity contribution >= 4 is 24.0 Å². The molecule has 118 valence electrons. The molecule has 6 heteroatoms. The maximum Gasteiger partial charge on any atom is 0.251 e. The molecule has 3 N–H and O–H groups in total. The van der Waals surface area contributed by atoms with Crippen LogP contribution >= 0.6 is 12.4 Å². The predicted octanol–water partition coefficient (Wildman–Crippen LogP) is 1.86. The van der Waals surface area contributed by atoms with Crippen molar-refractivity contribution in [3.63, 3.8) is 0 Å². The molecule has 0 spiro atoms. The third-order valence-electron chi connectivity index (χ3n) is 3.28. The van der Waals surface area contributed by atoms with E-state index in [9.17, 15) is 4.79 Å². The van der Waals surface area contributed by atoms with Gasteiger partial charge in [-0.1, -0.05) is 6.07 Å². The topological polar surface area (TPSA) is 73.6 Å². The van der Waals surface area contributed by atoms with E-state index < -0.39 is 0 Å². The maximum atomic E-state index is 11.8. The SMILES string of the molecule is Cl.Nc1cccc(C(=O)NCCCOCC2CCOC2)c1. The van der Waals surface area contributed by atoms with E-state index in [1.807, 2.05) is 0 Å². The highest BCUT2D eigenvalue weighted by atomic mass is 35.5. The molecule has 1 amide bonds. The lowest BCUT2D eigenvalue weighted by Gasteiger charge is -2.09. The molecule has 5 nitrogen and oxygen atoms in total. The summed E-state index contributed by atoms with van der Waals surface area (Å²) in [6.07, 6.45) is 1.90. The number of anilines is 1. The Balaban J connectivity index is 0.00000220. The Morgan fingerprint density at radius 1 is 1.48 bits per heavy atom. The first-order valence-electron chi connectivity index (χ1n) is 7.05. The number of ether oxygens (including phenoxy) is 2. The summed E-state index contributed by atoms with van der Waals surface area (Å²) < 4.78 is 10.9. The number of halogens is 1. The average molecular weight is 315 g/mol. The second-order valence-electron chi connectivity index (χ2n) is 5.04. The van der Waals surface area contributed by atoms with Gasteiger partial charge in [-0.2, -0.15) is 0 Å². The molecule has 1 saturated heterocycles. The van der Waals surface area contributed by atoms with Crippen LogP contribution in [-0.4, -0.2) is 38.9 Å². The van der Waals surface area contributed by atoms with Crippen LogP contribution in [0.5, 0.6) is 0 Å². The molecule has 1 aliphatic rings. The molecule has 1 unspecified atom stereocenters. The number of carbonyl (C=O) groups is 1. The van der Waals surface area contributed by atoms with Crippen LogP contribution in [0.2, 0.25) is 0 Å². The fourth-order valence-electron chi connectivity index (χ4n) is 2.12. The largest absolute Gasteiger partial charge is 0.399 e. The number of nitrogen functional groups attached to an aromatic ring is 1. The highest BCUT2D eigenvalue weighted by Gasteiger charge is 2.15. The molecule has 1 atom stereocenters. The summed E-state index contributed by atoms with van der Waals surface area (Å²) in [6.45, 7) is 3.68. The molecule has 1 aromatic carbocycles. The molecular formula is C15H23ClN2O3. The number of amides is 1. The minimum absolute atomic E-state index is 0. The smallest absolute Gasteiger partial charge is 0.251 e. The Labute approximate surface area is 131 Å². The number of benzene rings is 1. The first kappa shape index (κ1) is 17.8. The Morgan fingerprint density at radius 3 is 3.05 bits per heavy atom. The molecule has 0 bridgehead atoms. The van der Waals surface area contributed by atoms with Crippen molar-refractivity contribution in [1.82, 2.24) is 5.32 Å². The molecule has 0 saturated carbocycles. The molecule has 2 rings (SSSR count). The van der Waals surface area contributed by atoms with E-state index in [4.69, 9.17) is 15.2 Å². The predicted molar refractivity (Wildman–Crippen MR) is 84.8 cm³/mol. The average Bonchev–Trinajstić information content (AvgIpc) is 2.95. The van der Waals surface area contributed by atoms with Crippen LogP contribution < -0.4 is 11.1 Å². The Bertz CT molecular complexity index is 437. The summed E-state index contributed by atoms with van der Waals surface area (Å²) in [5, 5.41) is 2.86. The van der Waals surface area contributed by atoms with Gasteiger partial charge in [0, 0.05) is 36.9 Å². The molecule has 1 aliphatic heterocycles.